The molecule has 0 radical (unpaired) electrons. The molecule has 19 heavy (non-hydrogen) atoms. The van der Waals surface area contributed by atoms with Crippen LogP contribution in [0.2, 0.25) is 0 Å². The monoisotopic (exact) mass is 262 g/mol. The van der Waals surface area contributed by atoms with Gasteiger partial charge in [0.15, 0.2) is 0 Å². The fourth-order valence-electron chi connectivity index (χ4n) is 3.06. The van der Waals surface area contributed by atoms with Crippen LogP contribution in [0, 0.1) is 6.92 Å². The van der Waals surface area contributed by atoms with E-state index in [1.54, 1.807) is 0 Å². The molecule has 1 amide bonds. The Morgan fingerprint density at radius 3 is 2.79 bits per heavy atom. The Morgan fingerprint density at radius 1 is 1.53 bits per heavy atom. The highest BCUT2D eigenvalue weighted by Gasteiger charge is 2.48. The summed E-state index contributed by atoms with van der Waals surface area (Å²) in [6, 6.07) is 2.65. The molecule has 3 N–H and O–H groups in total. The molecule has 0 bridgehead atoms. The molecule has 0 aliphatic heterocycles. The maximum absolute atomic E-state index is 11.4. The average Bonchev–Trinajstić information content (AvgIpc) is 2.83. The van der Waals surface area contributed by atoms with E-state index in [2.05, 4.69) is 21.2 Å². The molecule has 0 spiro atoms. The van der Waals surface area contributed by atoms with Crippen LogP contribution in [0.25, 0.3) is 0 Å². The number of hydrogen-bond acceptors (Lipinski definition) is 3. The number of amides is 1. The van der Waals surface area contributed by atoms with Gasteiger partial charge in [-0.05, 0) is 38.7 Å². The zero-order valence-electron chi connectivity index (χ0n) is 11.5. The highest BCUT2D eigenvalue weighted by atomic mass is 16.1. The minimum Gasteiger partial charge on any atom is -0.368 e. The SMILES string of the molecule is Cc1cc(CNC2(C(N)=O)CC2)n(C2CCCC2)n1. The van der Waals surface area contributed by atoms with E-state index in [-0.39, 0.29) is 5.91 Å². The molecule has 5 heteroatoms. The Hall–Kier alpha value is -1.36. The van der Waals surface area contributed by atoms with E-state index in [1.165, 1.54) is 31.4 Å². The molecule has 0 unspecified atom stereocenters. The molecule has 2 saturated carbocycles. The van der Waals surface area contributed by atoms with Gasteiger partial charge in [0, 0.05) is 6.54 Å². The van der Waals surface area contributed by atoms with Crippen molar-refractivity contribution in [1.82, 2.24) is 15.1 Å². The molecule has 1 heterocycles. The third-order valence-corrected chi connectivity index (χ3v) is 4.44. The normalized spacial score (nSPS) is 21.7. The molecule has 2 fully saturated rings. The zero-order chi connectivity index (χ0) is 13.5. The van der Waals surface area contributed by atoms with E-state index in [9.17, 15) is 4.79 Å². The maximum Gasteiger partial charge on any atom is 0.237 e. The Balaban J connectivity index is 1.72. The van der Waals surface area contributed by atoms with E-state index >= 15 is 0 Å². The van der Waals surface area contributed by atoms with Crippen molar-refractivity contribution in [3.8, 4) is 0 Å². The first kappa shape index (κ1) is 12.7. The zero-order valence-corrected chi connectivity index (χ0v) is 11.5. The molecule has 5 nitrogen and oxygen atoms in total. The summed E-state index contributed by atoms with van der Waals surface area (Å²) in [5.41, 5.74) is 7.22. The molecule has 0 aromatic carbocycles. The summed E-state index contributed by atoms with van der Waals surface area (Å²) in [4.78, 5) is 11.4. The number of aromatic nitrogens is 2. The molecule has 0 atom stereocenters. The van der Waals surface area contributed by atoms with Crippen LogP contribution in [0.15, 0.2) is 6.07 Å². The van der Waals surface area contributed by atoms with Gasteiger partial charge in [0.2, 0.25) is 5.91 Å². The molecule has 2 aliphatic carbocycles. The first-order chi connectivity index (χ1) is 9.11. The van der Waals surface area contributed by atoms with Gasteiger partial charge in [0.25, 0.3) is 0 Å². The van der Waals surface area contributed by atoms with Crippen molar-refractivity contribution >= 4 is 5.91 Å². The summed E-state index contributed by atoms with van der Waals surface area (Å²) in [6.45, 7) is 2.70. The van der Waals surface area contributed by atoms with Crippen LogP contribution in [-0.4, -0.2) is 21.2 Å². The van der Waals surface area contributed by atoms with Gasteiger partial charge in [-0.1, -0.05) is 12.8 Å². The topological polar surface area (TPSA) is 72.9 Å². The fourth-order valence-corrected chi connectivity index (χ4v) is 3.06. The van der Waals surface area contributed by atoms with E-state index in [0.717, 1.165) is 18.5 Å². The van der Waals surface area contributed by atoms with Crippen molar-refractivity contribution in [1.29, 1.82) is 0 Å². The van der Waals surface area contributed by atoms with Crippen LogP contribution in [0.1, 0.15) is 56.0 Å². The van der Waals surface area contributed by atoms with Gasteiger partial charge in [-0.25, -0.2) is 0 Å². The van der Waals surface area contributed by atoms with Gasteiger partial charge in [-0.2, -0.15) is 5.10 Å². The predicted molar refractivity (Wildman–Crippen MR) is 72.5 cm³/mol. The Labute approximate surface area is 113 Å². The molecule has 104 valence electrons. The van der Waals surface area contributed by atoms with Gasteiger partial charge in [0.05, 0.1) is 23.0 Å². The van der Waals surface area contributed by atoms with Crippen LogP contribution in [0.4, 0.5) is 0 Å². The van der Waals surface area contributed by atoms with Crippen molar-refractivity contribution < 1.29 is 4.79 Å². The van der Waals surface area contributed by atoms with E-state index in [0.29, 0.717) is 12.6 Å². The summed E-state index contributed by atoms with van der Waals surface area (Å²) >= 11 is 0. The highest BCUT2D eigenvalue weighted by Crippen LogP contribution is 2.35. The molecule has 1 aromatic rings. The first-order valence-electron chi connectivity index (χ1n) is 7.21. The predicted octanol–water partition coefficient (Wildman–Crippen LogP) is 1.41. The van der Waals surface area contributed by atoms with Gasteiger partial charge in [0.1, 0.15) is 0 Å². The van der Waals surface area contributed by atoms with E-state index < -0.39 is 5.54 Å². The first-order valence-corrected chi connectivity index (χ1v) is 7.21. The maximum atomic E-state index is 11.4. The Bertz CT molecular complexity index is 484. The third kappa shape index (κ3) is 2.39. The number of carbonyl (C=O) groups is 1. The summed E-state index contributed by atoms with van der Waals surface area (Å²) in [5.74, 6) is -0.226. The fraction of sp³-hybridized carbons (Fsp3) is 0.714. The lowest BCUT2D eigenvalue weighted by molar-refractivity contribution is -0.121. The van der Waals surface area contributed by atoms with Crippen molar-refractivity contribution in [2.75, 3.05) is 0 Å². The second kappa shape index (κ2) is 4.63. The largest absolute Gasteiger partial charge is 0.368 e. The number of nitrogens with one attached hydrogen (secondary N) is 1. The summed E-state index contributed by atoms with van der Waals surface area (Å²) in [5, 5.41) is 7.95. The van der Waals surface area contributed by atoms with Crippen LogP contribution in [0.3, 0.4) is 0 Å². The second-order valence-electron chi connectivity index (χ2n) is 5.96. The van der Waals surface area contributed by atoms with E-state index in [4.69, 9.17) is 5.73 Å². The Morgan fingerprint density at radius 2 is 2.21 bits per heavy atom. The minimum atomic E-state index is -0.446. The van der Waals surface area contributed by atoms with Crippen molar-refractivity contribution in [2.45, 2.75) is 63.6 Å². The minimum absolute atomic E-state index is 0.226. The second-order valence-corrected chi connectivity index (χ2v) is 5.96. The number of aryl methyl sites for hydroxylation is 1. The van der Waals surface area contributed by atoms with Crippen molar-refractivity contribution in [3.05, 3.63) is 17.5 Å². The Kier molecular flexibility index (Phi) is 3.09. The lowest BCUT2D eigenvalue weighted by Crippen LogP contribution is -2.43. The summed E-state index contributed by atoms with van der Waals surface area (Å²) in [7, 11) is 0. The lowest BCUT2D eigenvalue weighted by Gasteiger charge is -2.17. The molecular formula is C14H22N4O. The molecule has 2 aliphatic rings. The van der Waals surface area contributed by atoms with Crippen molar-refractivity contribution in [2.24, 2.45) is 5.73 Å². The van der Waals surface area contributed by atoms with Gasteiger partial charge in [-0.3, -0.25) is 14.8 Å². The number of nitrogens with zero attached hydrogens (tertiary/aromatic N) is 2. The van der Waals surface area contributed by atoms with Crippen LogP contribution < -0.4 is 11.1 Å². The number of nitrogens with two attached hydrogens (primary N) is 1. The quantitative estimate of drug-likeness (QED) is 0.842. The molecule has 1 aromatic heterocycles. The number of carbonyl (C=O) groups excluding carboxylic acids is 1. The molecular weight excluding hydrogens is 240 g/mol. The lowest BCUT2D eigenvalue weighted by atomic mass is 10.2. The van der Waals surface area contributed by atoms with Gasteiger partial charge >= 0.3 is 0 Å². The van der Waals surface area contributed by atoms with Gasteiger partial charge < -0.3 is 5.73 Å². The standard InChI is InChI=1S/C14H22N4O/c1-10-8-12(9-16-14(6-7-14)13(15)19)18(17-10)11-4-2-3-5-11/h8,11,16H,2-7,9H2,1H3,(H2,15,19). The average molecular weight is 262 g/mol. The van der Waals surface area contributed by atoms with E-state index in [1.807, 2.05) is 6.92 Å². The van der Waals surface area contributed by atoms with Crippen molar-refractivity contribution in [3.63, 3.8) is 0 Å². The summed E-state index contributed by atoms with van der Waals surface area (Å²) < 4.78 is 2.16. The number of primary amides is 1. The van der Waals surface area contributed by atoms with Crippen LogP contribution in [0.5, 0.6) is 0 Å². The highest BCUT2D eigenvalue weighted by molar-refractivity contribution is 5.87. The van der Waals surface area contributed by atoms with Gasteiger partial charge in [-0.15, -0.1) is 0 Å². The molecule has 0 saturated heterocycles. The molecule has 3 rings (SSSR count). The van der Waals surface area contributed by atoms with Crippen LogP contribution >= 0.6 is 0 Å². The number of rotatable bonds is 5. The van der Waals surface area contributed by atoms with Crippen LogP contribution in [-0.2, 0) is 11.3 Å². The summed E-state index contributed by atoms with van der Waals surface area (Å²) in [6.07, 6.45) is 6.74. The number of hydrogen-bond donors (Lipinski definition) is 2. The third-order valence-electron chi connectivity index (χ3n) is 4.44. The smallest absolute Gasteiger partial charge is 0.237 e.